The van der Waals surface area contributed by atoms with E-state index in [0.29, 0.717) is 41.6 Å². The fraction of sp³-hybridized carbons (Fsp3) is 0.348. The predicted molar refractivity (Wildman–Crippen MR) is 122 cm³/mol. The van der Waals surface area contributed by atoms with Crippen LogP contribution in [0, 0.1) is 10.8 Å². The number of hydrogen-bond donors (Lipinski definition) is 4. The smallest absolute Gasteiger partial charge is 0.338 e. The Kier molecular flexibility index (Phi) is 8.04. The van der Waals surface area contributed by atoms with Crippen LogP contribution >= 0.6 is 0 Å². The highest BCUT2D eigenvalue weighted by Crippen LogP contribution is 2.28. The molecule has 1 fully saturated rings. The summed E-state index contributed by atoms with van der Waals surface area (Å²) in [4.78, 5) is 14.4. The van der Waals surface area contributed by atoms with E-state index in [1.54, 1.807) is 42.5 Å². The number of hydrogen-bond acceptors (Lipinski definition) is 7. The predicted octanol–water partition coefficient (Wildman–Crippen LogP) is 1.97. The topological polar surface area (TPSA) is 148 Å². The van der Waals surface area contributed by atoms with E-state index in [1.165, 1.54) is 0 Å². The number of amidine groups is 2. The van der Waals surface area contributed by atoms with Gasteiger partial charge in [0.1, 0.15) is 31.5 Å². The maximum absolute atomic E-state index is 12.3. The van der Waals surface area contributed by atoms with E-state index in [-0.39, 0.29) is 19.0 Å². The molecule has 9 nitrogen and oxygen atoms in total. The van der Waals surface area contributed by atoms with Crippen LogP contribution < -0.4 is 20.9 Å². The monoisotopic (exact) mass is 439 g/mol. The van der Waals surface area contributed by atoms with Crippen molar-refractivity contribution < 1.29 is 19.0 Å². The number of benzene rings is 2. The molecule has 0 saturated carbocycles. The molecule has 0 aliphatic carbocycles. The molecule has 1 saturated heterocycles. The second-order valence-corrected chi connectivity index (χ2v) is 7.32. The molecule has 1 heterocycles. The maximum Gasteiger partial charge on any atom is 0.338 e. The molecule has 0 bridgehead atoms. The van der Waals surface area contributed by atoms with Crippen molar-refractivity contribution in [2.45, 2.75) is 12.8 Å². The molecule has 3 rings (SSSR count). The van der Waals surface area contributed by atoms with Crippen LogP contribution in [0.5, 0.6) is 11.5 Å². The molecule has 0 atom stereocenters. The summed E-state index contributed by atoms with van der Waals surface area (Å²) in [7, 11) is 0. The summed E-state index contributed by atoms with van der Waals surface area (Å²) in [6, 6.07) is 11.8. The molecule has 1 aliphatic rings. The average Bonchev–Trinajstić information content (AvgIpc) is 3.35. The maximum atomic E-state index is 12.3. The van der Waals surface area contributed by atoms with Gasteiger partial charge < -0.3 is 30.6 Å². The van der Waals surface area contributed by atoms with E-state index in [2.05, 4.69) is 0 Å². The lowest BCUT2D eigenvalue weighted by Gasteiger charge is -2.18. The van der Waals surface area contributed by atoms with Gasteiger partial charge in [0.05, 0.1) is 5.56 Å². The standard InChI is InChI=1S/C23H29N5O4/c24-9-12-30-19-8-7-18(21(25)26)15-20(19)31-13-14-32-23(29)17-5-3-16(4-6-17)22(27)28-10-1-2-11-28/h3-8,15,27H,1-2,9-14,24H2,(H3,25,26). The first-order valence-electron chi connectivity index (χ1n) is 10.5. The van der Waals surface area contributed by atoms with Crippen LogP contribution in [0.25, 0.3) is 0 Å². The van der Waals surface area contributed by atoms with Gasteiger partial charge in [-0.3, -0.25) is 10.8 Å². The molecular weight excluding hydrogens is 410 g/mol. The molecule has 170 valence electrons. The Balaban J connectivity index is 1.52. The lowest BCUT2D eigenvalue weighted by atomic mass is 10.1. The van der Waals surface area contributed by atoms with Gasteiger partial charge in [-0.2, -0.15) is 0 Å². The van der Waals surface area contributed by atoms with E-state index in [0.717, 1.165) is 31.5 Å². The molecule has 1 aliphatic heterocycles. The van der Waals surface area contributed by atoms with Crippen LogP contribution in [0.2, 0.25) is 0 Å². The van der Waals surface area contributed by atoms with Gasteiger partial charge in [0, 0.05) is 30.8 Å². The number of rotatable bonds is 10. The van der Waals surface area contributed by atoms with Crippen molar-refractivity contribution in [2.75, 3.05) is 39.5 Å². The lowest BCUT2D eigenvalue weighted by molar-refractivity contribution is 0.0449. The summed E-state index contributed by atoms with van der Waals surface area (Å²) >= 11 is 0. The average molecular weight is 440 g/mol. The van der Waals surface area contributed by atoms with Crippen LogP contribution in [-0.4, -0.2) is 62.0 Å². The number of esters is 1. The molecule has 0 radical (unpaired) electrons. The fourth-order valence-corrected chi connectivity index (χ4v) is 3.33. The molecule has 2 aromatic carbocycles. The van der Waals surface area contributed by atoms with Crippen molar-refractivity contribution in [3.05, 3.63) is 59.2 Å². The zero-order valence-electron chi connectivity index (χ0n) is 17.9. The Morgan fingerprint density at radius 2 is 1.50 bits per heavy atom. The SMILES string of the molecule is N=C(N)c1ccc(OCCN)c(OCCOC(=O)c2ccc(C(=N)N3CCCC3)cc2)c1. The molecule has 32 heavy (non-hydrogen) atoms. The Morgan fingerprint density at radius 1 is 0.875 bits per heavy atom. The van der Waals surface area contributed by atoms with Gasteiger partial charge >= 0.3 is 5.97 Å². The first-order chi connectivity index (χ1) is 15.5. The van der Waals surface area contributed by atoms with Gasteiger partial charge in [0.2, 0.25) is 0 Å². The fourth-order valence-electron chi connectivity index (χ4n) is 3.33. The Hall–Kier alpha value is -3.59. The highest BCUT2D eigenvalue weighted by atomic mass is 16.6. The van der Waals surface area contributed by atoms with Gasteiger partial charge in [0.25, 0.3) is 0 Å². The number of carbonyl (C=O) groups excluding carboxylic acids is 1. The molecule has 6 N–H and O–H groups in total. The lowest BCUT2D eigenvalue weighted by Crippen LogP contribution is -2.27. The molecular formula is C23H29N5O4. The summed E-state index contributed by atoms with van der Waals surface area (Å²) < 4.78 is 16.5. The third-order valence-corrected chi connectivity index (χ3v) is 5.02. The number of ether oxygens (including phenoxy) is 3. The van der Waals surface area contributed by atoms with Gasteiger partial charge in [-0.15, -0.1) is 0 Å². The summed E-state index contributed by atoms with van der Waals surface area (Å²) in [6.45, 7) is 2.60. The number of nitrogen functional groups attached to an aromatic ring is 1. The third kappa shape index (κ3) is 5.98. The van der Waals surface area contributed by atoms with Gasteiger partial charge in [-0.05, 0) is 43.2 Å². The highest BCUT2D eigenvalue weighted by Gasteiger charge is 2.17. The number of nitrogens with one attached hydrogen (secondary N) is 2. The van der Waals surface area contributed by atoms with E-state index in [4.69, 9.17) is 36.5 Å². The normalized spacial score (nSPS) is 13.0. The minimum absolute atomic E-state index is 0.0325. The van der Waals surface area contributed by atoms with Gasteiger partial charge in [0.15, 0.2) is 11.5 Å². The minimum Gasteiger partial charge on any atom is -0.488 e. The van der Waals surface area contributed by atoms with Crippen LogP contribution in [-0.2, 0) is 4.74 Å². The molecule has 0 spiro atoms. The van der Waals surface area contributed by atoms with Gasteiger partial charge in [-0.1, -0.05) is 12.1 Å². The van der Waals surface area contributed by atoms with E-state index in [9.17, 15) is 4.79 Å². The van der Waals surface area contributed by atoms with Crippen molar-refractivity contribution in [3.8, 4) is 11.5 Å². The summed E-state index contributed by atoms with van der Waals surface area (Å²) in [6.07, 6.45) is 2.21. The first kappa shape index (κ1) is 23.1. The zero-order valence-corrected chi connectivity index (χ0v) is 17.9. The molecule has 0 aromatic heterocycles. The number of likely N-dealkylation sites (tertiary alicyclic amines) is 1. The molecule has 0 unspecified atom stereocenters. The summed E-state index contributed by atoms with van der Waals surface area (Å²) in [5.41, 5.74) is 12.7. The van der Waals surface area contributed by atoms with Crippen LogP contribution in [0.3, 0.4) is 0 Å². The van der Waals surface area contributed by atoms with Crippen molar-refractivity contribution in [1.82, 2.24) is 4.90 Å². The van der Waals surface area contributed by atoms with Crippen LogP contribution in [0.15, 0.2) is 42.5 Å². The van der Waals surface area contributed by atoms with Crippen molar-refractivity contribution in [1.29, 1.82) is 10.8 Å². The zero-order chi connectivity index (χ0) is 22.9. The van der Waals surface area contributed by atoms with Crippen molar-refractivity contribution in [2.24, 2.45) is 11.5 Å². The summed E-state index contributed by atoms with van der Waals surface area (Å²) in [5.74, 6) is 0.795. The van der Waals surface area contributed by atoms with E-state index in [1.807, 2.05) is 4.90 Å². The Bertz CT molecular complexity index is 955. The Labute approximate surface area is 187 Å². The third-order valence-electron chi connectivity index (χ3n) is 5.02. The van der Waals surface area contributed by atoms with Gasteiger partial charge in [-0.25, -0.2) is 4.79 Å². The second kappa shape index (κ2) is 11.1. The molecule has 2 aromatic rings. The van der Waals surface area contributed by atoms with E-state index < -0.39 is 5.97 Å². The number of carbonyl (C=O) groups is 1. The van der Waals surface area contributed by atoms with Crippen LogP contribution in [0.1, 0.15) is 34.3 Å². The van der Waals surface area contributed by atoms with Crippen molar-refractivity contribution >= 4 is 17.6 Å². The largest absolute Gasteiger partial charge is 0.488 e. The Morgan fingerprint density at radius 3 is 2.16 bits per heavy atom. The molecule has 9 heteroatoms. The highest BCUT2D eigenvalue weighted by molar-refractivity contribution is 5.98. The molecule has 0 amide bonds. The first-order valence-corrected chi connectivity index (χ1v) is 10.5. The van der Waals surface area contributed by atoms with E-state index >= 15 is 0 Å². The number of nitrogens with two attached hydrogens (primary N) is 2. The van der Waals surface area contributed by atoms with Crippen molar-refractivity contribution in [3.63, 3.8) is 0 Å². The number of nitrogens with zero attached hydrogens (tertiary/aromatic N) is 1. The van der Waals surface area contributed by atoms with Crippen LogP contribution in [0.4, 0.5) is 0 Å². The quantitative estimate of drug-likeness (QED) is 0.191. The second-order valence-electron chi connectivity index (χ2n) is 7.32. The summed E-state index contributed by atoms with van der Waals surface area (Å²) in [5, 5.41) is 15.8. The minimum atomic E-state index is -0.468.